The Kier molecular flexibility index (Phi) is 4.30. The average Bonchev–Trinajstić information content (AvgIpc) is 2.28. The molecule has 1 rings (SSSR count). The monoisotopic (exact) mass is 269 g/mol. The minimum absolute atomic E-state index is 0.375. The first kappa shape index (κ1) is 11.7. The molecule has 0 radical (unpaired) electrons. The molecule has 0 fully saturated rings. The lowest BCUT2D eigenvalue weighted by Gasteiger charge is -2.03. The van der Waals surface area contributed by atoms with Gasteiger partial charge in [-0.3, -0.25) is 5.41 Å². The van der Waals surface area contributed by atoms with Crippen LogP contribution in [0.2, 0.25) is 0 Å². The van der Waals surface area contributed by atoms with E-state index in [0.29, 0.717) is 16.1 Å². The third kappa shape index (κ3) is 3.06. The van der Waals surface area contributed by atoms with Crippen LogP contribution in [0.3, 0.4) is 0 Å². The third-order valence-electron chi connectivity index (χ3n) is 1.74. The Hall–Kier alpha value is -1.36. The van der Waals surface area contributed by atoms with Crippen molar-refractivity contribution in [3.8, 4) is 5.88 Å². The number of aromatic nitrogens is 1. The fourth-order valence-electron chi connectivity index (χ4n) is 0.986. The fourth-order valence-corrected chi connectivity index (χ4v) is 1.44. The third-order valence-corrected chi connectivity index (χ3v) is 2.37. The van der Waals surface area contributed by atoms with Gasteiger partial charge < -0.3 is 10.1 Å². The van der Waals surface area contributed by atoms with Crippen molar-refractivity contribution in [3.05, 3.63) is 34.6 Å². The Morgan fingerprint density at radius 3 is 2.80 bits per heavy atom. The van der Waals surface area contributed by atoms with Crippen molar-refractivity contribution in [2.24, 2.45) is 0 Å². The minimum Gasteiger partial charge on any atom is -0.481 e. The summed E-state index contributed by atoms with van der Waals surface area (Å²) in [7, 11) is 3.34. The number of nitrogens with zero attached hydrogens (tertiary/aromatic N) is 1. The van der Waals surface area contributed by atoms with Crippen LogP contribution in [0.4, 0.5) is 0 Å². The Morgan fingerprint density at radius 2 is 2.33 bits per heavy atom. The molecule has 0 atom stereocenters. The van der Waals surface area contributed by atoms with Crippen LogP contribution in [0.5, 0.6) is 5.88 Å². The molecule has 2 N–H and O–H groups in total. The number of pyridine rings is 1. The first-order valence-corrected chi connectivity index (χ1v) is 5.10. The van der Waals surface area contributed by atoms with E-state index in [1.165, 1.54) is 0 Å². The SMILES string of the molecule is CN/C=C(/Br)C(=N)c1ccc(OC)nc1. The smallest absolute Gasteiger partial charge is 0.212 e. The molecule has 80 valence electrons. The molecule has 15 heavy (non-hydrogen) atoms. The van der Waals surface area contributed by atoms with Gasteiger partial charge >= 0.3 is 0 Å². The van der Waals surface area contributed by atoms with E-state index in [4.69, 9.17) is 10.1 Å². The Labute approximate surface area is 97.0 Å². The Balaban J connectivity index is 2.87. The summed E-state index contributed by atoms with van der Waals surface area (Å²) in [5.74, 6) is 0.542. The highest BCUT2D eigenvalue weighted by Gasteiger charge is 2.05. The van der Waals surface area contributed by atoms with E-state index in [0.717, 1.165) is 5.56 Å². The van der Waals surface area contributed by atoms with Gasteiger partial charge in [0.05, 0.1) is 17.3 Å². The Bertz CT molecular complexity index is 373. The van der Waals surface area contributed by atoms with E-state index < -0.39 is 0 Å². The zero-order valence-electron chi connectivity index (χ0n) is 8.54. The van der Waals surface area contributed by atoms with Crippen LogP contribution in [-0.2, 0) is 0 Å². The van der Waals surface area contributed by atoms with Crippen LogP contribution in [0.15, 0.2) is 29.0 Å². The van der Waals surface area contributed by atoms with Crippen molar-refractivity contribution in [1.29, 1.82) is 5.41 Å². The van der Waals surface area contributed by atoms with Gasteiger partial charge in [-0.25, -0.2) is 4.98 Å². The highest BCUT2D eigenvalue weighted by molar-refractivity contribution is 9.12. The van der Waals surface area contributed by atoms with E-state index in [-0.39, 0.29) is 0 Å². The zero-order chi connectivity index (χ0) is 11.3. The molecule has 0 aliphatic rings. The summed E-state index contributed by atoms with van der Waals surface area (Å²) in [6, 6.07) is 3.52. The summed E-state index contributed by atoms with van der Waals surface area (Å²) in [5, 5.41) is 10.7. The van der Waals surface area contributed by atoms with E-state index in [1.54, 1.807) is 38.7 Å². The first-order chi connectivity index (χ1) is 7.19. The van der Waals surface area contributed by atoms with Gasteiger partial charge in [0, 0.05) is 31.1 Å². The quantitative estimate of drug-likeness (QED) is 0.822. The predicted octanol–water partition coefficient (Wildman–Crippen LogP) is 1.91. The molecule has 4 nitrogen and oxygen atoms in total. The molecule has 0 bridgehead atoms. The molecule has 0 saturated heterocycles. The van der Waals surface area contributed by atoms with Crippen LogP contribution in [0, 0.1) is 5.41 Å². The molecular formula is C10H12BrN3O. The summed E-state index contributed by atoms with van der Waals surface area (Å²) < 4.78 is 5.61. The van der Waals surface area contributed by atoms with Crippen molar-refractivity contribution >= 4 is 21.6 Å². The maximum absolute atomic E-state index is 7.83. The maximum atomic E-state index is 7.83. The molecule has 0 aliphatic carbocycles. The molecule has 0 aromatic carbocycles. The molecule has 5 heteroatoms. The van der Waals surface area contributed by atoms with Gasteiger partial charge in [0.25, 0.3) is 0 Å². The minimum atomic E-state index is 0.375. The number of halogens is 1. The largest absolute Gasteiger partial charge is 0.481 e. The molecule has 0 spiro atoms. The van der Waals surface area contributed by atoms with E-state index >= 15 is 0 Å². The van der Waals surface area contributed by atoms with E-state index in [9.17, 15) is 0 Å². The predicted molar refractivity (Wildman–Crippen MR) is 63.7 cm³/mol. The number of methoxy groups -OCH3 is 1. The number of allylic oxidation sites excluding steroid dienone is 1. The van der Waals surface area contributed by atoms with Crippen LogP contribution >= 0.6 is 15.9 Å². The topological polar surface area (TPSA) is 58.0 Å². The second-order valence-corrected chi connectivity index (χ2v) is 3.60. The van der Waals surface area contributed by atoms with E-state index in [1.807, 2.05) is 0 Å². The molecule has 0 amide bonds. The molecular weight excluding hydrogens is 258 g/mol. The van der Waals surface area contributed by atoms with Gasteiger partial charge in [0.1, 0.15) is 0 Å². The first-order valence-electron chi connectivity index (χ1n) is 4.31. The number of nitrogens with one attached hydrogen (secondary N) is 2. The lowest BCUT2D eigenvalue weighted by atomic mass is 10.2. The normalized spacial score (nSPS) is 11.0. The molecule has 1 aromatic rings. The lowest BCUT2D eigenvalue weighted by Crippen LogP contribution is -2.03. The average molecular weight is 270 g/mol. The van der Waals surface area contributed by atoms with Crippen LogP contribution in [0.1, 0.15) is 5.56 Å². The van der Waals surface area contributed by atoms with Crippen LogP contribution in [0.25, 0.3) is 0 Å². The van der Waals surface area contributed by atoms with Gasteiger partial charge in [-0.05, 0) is 22.0 Å². The molecule has 1 aromatic heterocycles. The second-order valence-electron chi connectivity index (χ2n) is 2.75. The summed E-state index contributed by atoms with van der Waals surface area (Å²) in [4.78, 5) is 4.03. The molecule has 0 unspecified atom stereocenters. The highest BCUT2D eigenvalue weighted by Crippen LogP contribution is 2.14. The van der Waals surface area contributed by atoms with Crippen LogP contribution < -0.4 is 10.1 Å². The standard InChI is InChI=1S/C10H12BrN3O/c1-13-6-8(11)10(12)7-3-4-9(15-2)14-5-7/h3-6,12-13H,1-2H3/b8-6+,12-10?. The number of hydrogen-bond acceptors (Lipinski definition) is 4. The summed E-state index contributed by atoms with van der Waals surface area (Å²) in [6.45, 7) is 0. The summed E-state index contributed by atoms with van der Waals surface area (Å²) in [6.07, 6.45) is 3.30. The fraction of sp³-hybridized carbons (Fsp3) is 0.200. The number of hydrogen-bond donors (Lipinski definition) is 2. The summed E-state index contributed by atoms with van der Waals surface area (Å²) in [5.41, 5.74) is 1.11. The van der Waals surface area contributed by atoms with Gasteiger partial charge in [0.2, 0.25) is 5.88 Å². The van der Waals surface area contributed by atoms with Gasteiger partial charge in [-0.15, -0.1) is 0 Å². The zero-order valence-corrected chi connectivity index (χ0v) is 10.1. The van der Waals surface area contributed by atoms with Crippen LogP contribution in [-0.4, -0.2) is 24.9 Å². The Morgan fingerprint density at radius 1 is 1.60 bits per heavy atom. The molecule has 0 aliphatic heterocycles. The molecule has 0 saturated carbocycles. The van der Waals surface area contributed by atoms with Crippen molar-refractivity contribution in [2.75, 3.05) is 14.2 Å². The maximum Gasteiger partial charge on any atom is 0.212 e. The van der Waals surface area contributed by atoms with Gasteiger partial charge in [-0.1, -0.05) is 0 Å². The van der Waals surface area contributed by atoms with Crippen molar-refractivity contribution in [3.63, 3.8) is 0 Å². The second kappa shape index (κ2) is 5.50. The van der Waals surface area contributed by atoms with Gasteiger partial charge in [0.15, 0.2) is 0 Å². The molecule has 1 heterocycles. The van der Waals surface area contributed by atoms with Crippen molar-refractivity contribution in [2.45, 2.75) is 0 Å². The lowest BCUT2D eigenvalue weighted by molar-refractivity contribution is 0.398. The van der Waals surface area contributed by atoms with Crippen molar-refractivity contribution < 1.29 is 4.74 Å². The van der Waals surface area contributed by atoms with E-state index in [2.05, 4.69) is 26.2 Å². The number of rotatable bonds is 4. The van der Waals surface area contributed by atoms with Gasteiger partial charge in [-0.2, -0.15) is 0 Å². The highest BCUT2D eigenvalue weighted by atomic mass is 79.9. The summed E-state index contributed by atoms with van der Waals surface area (Å²) >= 11 is 3.29. The number of ether oxygens (including phenoxy) is 1. The van der Waals surface area contributed by atoms with Crippen molar-refractivity contribution in [1.82, 2.24) is 10.3 Å².